The van der Waals surface area contributed by atoms with Gasteiger partial charge >= 0.3 is 0 Å². The van der Waals surface area contributed by atoms with E-state index in [4.69, 9.17) is 4.99 Å². The molecular weight excluding hydrogens is 310 g/mol. The third-order valence-corrected chi connectivity index (χ3v) is 4.52. The molecule has 1 aromatic rings. The number of rotatable bonds is 7. The Balaban J connectivity index is 3.30. The van der Waals surface area contributed by atoms with Gasteiger partial charge in [0.2, 0.25) is 5.91 Å². The molecule has 140 valence electrons. The Morgan fingerprint density at radius 1 is 0.920 bits per heavy atom. The van der Waals surface area contributed by atoms with E-state index in [0.717, 1.165) is 37.7 Å². The van der Waals surface area contributed by atoms with E-state index < -0.39 is 0 Å². The Morgan fingerprint density at radius 2 is 1.44 bits per heavy atom. The third-order valence-electron chi connectivity index (χ3n) is 4.52. The number of hydrogen-bond donors (Lipinski definition) is 0. The summed E-state index contributed by atoms with van der Waals surface area (Å²) in [5.41, 5.74) is 2.18. The first-order valence-electron chi connectivity index (χ1n) is 9.48. The number of para-hydroxylation sites is 1. The molecule has 1 amide bonds. The number of amides is 1. The van der Waals surface area contributed by atoms with E-state index in [2.05, 4.69) is 51.7 Å². The molecule has 0 fully saturated rings. The molecular formula is C21H35N3O. The molecule has 0 radical (unpaired) electrons. The average Bonchev–Trinajstić information content (AvgIpc) is 2.56. The van der Waals surface area contributed by atoms with E-state index in [1.165, 1.54) is 5.56 Å². The molecule has 0 saturated heterocycles. The van der Waals surface area contributed by atoms with E-state index in [0.29, 0.717) is 6.42 Å². The molecule has 0 aliphatic carbocycles. The van der Waals surface area contributed by atoms with Crippen LogP contribution in [0.25, 0.3) is 0 Å². The van der Waals surface area contributed by atoms with E-state index in [1.54, 1.807) is 0 Å². The summed E-state index contributed by atoms with van der Waals surface area (Å²) in [6.45, 7) is 18.0. The first-order valence-corrected chi connectivity index (χ1v) is 9.48. The van der Waals surface area contributed by atoms with Crippen LogP contribution in [-0.4, -0.2) is 47.7 Å². The fourth-order valence-corrected chi connectivity index (χ4v) is 2.98. The molecule has 25 heavy (non-hydrogen) atoms. The maximum atomic E-state index is 12.6. The van der Waals surface area contributed by atoms with Crippen LogP contribution in [0.2, 0.25) is 0 Å². The standard InChI is InChI=1S/C21H35N3O/c1-8-23(9-2)19(16-20(25)24(10-3)11-4)22-18-15-13-12-14-17(18)21(5,6)7/h12-15H,8-11,16H2,1-7H3. The second-order valence-electron chi connectivity index (χ2n) is 7.21. The van der Waals surface area contributed by atoms with Crippen molar-refractivity contribution in [1.82, 2.24) is 9.80 Å². The summed E-state index contributed by atoms with van der Waals surface area (Å²) in [7, 11) is 0. The number of carbonyl (C=O) groups is 1. The highest BCUT2D eigenvalue weighted by atomic mass is 16.2. The van der Waals surface area contributed by atoms with Gasteiger partial charge in [0.05, 0.1) is 12.1 Å². The summed E-state index contributed by atoms with van der Waals surface area (Å²) < 4.78 is 0. The Hall–Kier alpha value is -1.84. The quantitative estimate of drug-likeness (QED) is 0.534. The lowest BCUT2D eigenvalue weighted by molar-refractivity contribution is -0.129. The van der Waals surface area contributed by atoms with E-state index in [9.17, 15) is 4.79 Å². The molecule has 4 heteroatoms. The zero-order valence-corrected chi connectivity index (χ0v) is 17.1. The van der Waals surface area contributed by atoms with Crippen molar-refractivity contribution in [2.75, 3.05) is 26.2 Å². The van der Waals surface area contributed by atoms with Crippen molar-refractivity contribution in [2.45, 2.75) is 60.3 Å². The van der Waals surface area contributed by atoms with Crippen molar-refractivity contribution in [1.29, 1.82) is 0 Å². The topological polar surface area (TPSA) is 35.9 Å². The van der Waals surface area contributed by atoms with E-state index in [-0.39, 0.29) is 11.3 Å². The maximum Gasteiger partial charge on any atom is 0.230 e. The summed E-state index contributed by atoms with van der Waals surface area (Å²) in [5, 5.41) is 0. The molecule has 0 spiro atoms. The van der Waals surface area contributed by atoms with E-state index >= 15 is 0 Å². The van der Waals surface area contributed by atoms with Crippen LogP contribution < -0.4 is 0 Å². The first-order chi connectivity index (χ1) is 11.8. The van der Waals surface area contributed by atoms with Gasteiger partial charge in [-0.3, -0.25) is 4.79 Å². The number of nitrogens with zero attached hydrogens (tertiary/aromatic N) is 3. The van der Waals surface area contributed by atoms with Gasteiger partial charge in [-0.25, -0.2) is 4.99 Å². The maximum absolute atomic E-state index is 12.6. The van der Waals surface area contributed by atoms with Crippen molar-refractivity contribution >= 4 is 17.4 Å². The van der Waals surface area contributed by atoms with Gasteiger partial charge in [-0.2, -0.15) is 0 Å². The van der Waals surface area contributed by atoms with Gasteiger partial charge < -0.3 is 9.80 Å². The van der Waals surface area contributed by atoms with Crippen LogP contribution in [0.15, 0.2) is 29.3 Å². The molecule has 0 unspecified atom stereocenters. The van der Waals surface area contributed by atoms with Gasteiger partial charge in [0.15, 0.2) is 0 Å². The molecule has 0 N–H and O–H groups in total. The van der Waals surface area contributed by atoms with Crippen LogP contribution >= 0.6 is 0 Å². The van der Waals surface area contributed by atoms with E-state index in [1.807, 2.05) is 30.9 Å². The number of hydrogen-bond acceptors (Lipinski definition) is 2. The lowest BCUT2D eigenvalue weighted by atomic mass is 9.86. The second-order valence-corrected chi connectivity index (χ2v) is 7.21. The fourth-order valence-electron chi connectivity index (χ4n) is 2.98. The monoisotopic (exact) mass is 345 g/mol. The van der Waals surface area contributed by atoms with Crippen molar-refractivity contribution in [3.63, 3.8) is 0 Å². The molecule has 0 atom stereocenters. The molecule has 0 aromatic heterocycles. The zero-order chi connectivity index (χ0) is 19.0. The largest absolute Gasteiger partial charge is 0.360 e. The van der Waals surface area contributed by atoms with Gasteiger partial charge in [0.1, 0.15) is 5.84 Å². The van der Waals surface area contributed by atoms with Crippen LogP contribution in [0.1, 0.15) is 60.5 Å². The third kappa shape index (κ3) is 5.87. The summed E-state index contributed by atoms with van der Waals surface area (Å²) in [4.78, 5) is 21.6. The Kier molecular flexibility index (Phi) is 8.14. The summed E-state index contributed by atoms with van der Waals surface area (Å²) in [6.07, 6.45) is 0.349. The van der Waals surface area contributed by atoms with Crippen molar-refractivity contribution in [2.24, 2.45) is 4.99 Å². The molecule has 1 aromatic carbocycles. The molecule has 1 rings (SSSR count). The minimum Gasteiger partial charge on any atom is -0.360 e. The Morgan fingerprint density at radius 3 is 1.92 bits per heavy atom. The highest BCUT2D eigenvalue weighted by molar-refractivity contribution is 6.01. The van der Waals surface area contributed by atoms with Gasteiger partial charge in [-0.1, -0.05) is 39.0 Å². The summed E-state index contributed by atoms with van der Waals surface area (Å²) in [6, 6.07) is 8.24. The van der Waals surface area contributed by atoms with Crippen LogP contribution in [0.3, 0.4) is 0 Å². The van der Waals surface area contributed by atoms with Crippen molar-refractivity contribution in [3.8, 4) is 0 Å². The number of amidine groups is 1. The second kappa shape index (κ2) is 9.59. The van der Waals surface area contributed by atoms with Crippen molar-refractivity contribution in [3.05, 3.63) is 29.8 Å². The van der Waals surface area contributed by atoms with Gasteiger partial charge in [-0.15, -0.1) is 0 Å². The molecule has 0 aliphatic rings. The molecule has 0 bridgehead atoms. The fraction of sp³-hybridized carbons (Fsp3) is 0.619. The Labute approximate surface area is 153 Å². The summed E-state index contributed by atoms with van der Waals surface area (Å²) >= 11 is 0. The minimum atomic E-state index is 0.0113. The molecule has 4 nitrogen and oxygen atoms in total. The van der Waals surface area contributed by atoms with Crippen LogP contribution in [-0.2, 0) is 10.2 Å². The minimum absolute atomic E-state index is 0.0113. The van der Waals surface area contributed by atoms with Crippen LogP contribution in [0.5, 0.6) is 0 Å². The van der Waals surface area contributed by atoms with Gasteiger partial charge in [0.25, 0.3) is 0 Å². The van der Waals surface area contributed by atoms with Crippen molar-refractivity contribution < 1.29 is 4.79 Å². The zero-order valence-electron chi connectivity index (χ0n) is 17.1. The van der Waals surface area contributed by atoms with Crippen LogP contribution in [0.4, 0.5) is 5.69 Å². The predicted octanol–water partition coefficient (Wildman–Crippen LogP) is 4.61. The lowest BCUT2D eigenvalue weighted by Crippen LogP contribution is -2.38. The number of aliphatic imine (C=N–C) groups is 1. The normalized spacial score (nSPS) is 12.2. The molecule has 0 saturated carbocycles. The number of benzene rings is 1. The first kappa shape index (κ1) is 21.2. The van der Waals surface area contributed by atoms with Gasteiger partial charge in [-0.05, 0) is 44.7 Å². The Bertz CT molecular complexity index is 579. The number of carbonyl (C=O) groups excluding carboxylic acids is 1. The molecule has 0 aliphatic heterocycles. The average molecular weight is 346 g/mol. The highest BCUT2D eigenvalue weighted by Crippen LogP contribution is 2.31. The SMILES string of the molecule is CCN(CC)C(=O)CC(=Nc1ccccc1C(C)(C)C)N(CC)CC. The van der Waals surface area contributed by atoms with Crippen LogP contribution in [0, 0.1) is 0 Å². The summed E-state index contributed by atoms with van der Waals surface area (Å²) in [5.74, 6) is 1.00. The predicted molar refractivity (Wildman–Crippen MR) is 108 cm³/mol. The molecule has 0 heterocycles. The van der Waals surface area contributed by atoms with Gasteiger partial charge in [0, 0.05) is 26.2 Å². The smallest absolute Gasteiger partial charge is 0.230 e. The lowest BCUT2D eigenvalue weighted by Gasteiger charge is -2.27. The highest BCUT2D eigenvalue weighted by Gasteiger charge is 2.20.